The fourth-order valence-electron chi connectivity index (χ4n) is 3.92. The van der Waals surface area contributed by atoms with Gasteiger partial charge in [0.25, 0.3) is 0 Å². The molecule has 2 fully saturated rings. The molecule has 0 aromatic carbocycles. The number of carbonyl (C=O) groups excluding carboxylic acids is 2. The van der Waals surface area contributed by atoms with E-state index >= 15 is 0 Å². The van der Waals surface area contributed by atoms with Crippen LogP contribution in [0.25, 0.3) is 0 Å². The van der Waals surface area contributed by atoms with E-state index in [-0.39, 0.29) is 30.9 Å². The van der Waals surface area contributed by atoms with Crippen LogP contribution in [-0.2, 0) is 14.4 Å². The fraction of sp³-hybridized carbons (Fsp3) is 0.824. The summed E-state index contributed by atoms with van der Waals surface area (Å²) in [6.07, 6.45) is 5.73. The Labute approximate surface area is 143 Å². The van der Waals surface area contributed by atoms with Crippen molar-refractivity contribution in [3.63, 3.8) is 0 Å². The number of hydrogen-bond acceptors (Lipinski definition) is 4. The highest BCUT2D eigenvalue weighted by Gasteiger charge is 2.45. The first kappa shape index (κ1) is 18.7. The van der Waals surface area contributed by atoms with Gasteiger partial charge in [-0.05, 0) is 31.6 Å². The van der Waals surface area contributed by atoms with Gasteiger partial charge in [-0.15, -0.1) is 0 Å². The number of likely N-dealkylation sites (tertiary alicyclic amines) is 1. The summed E-state index contributed by atoms with van der Waals surface area (Å²) in [5, 5.41) is 12.2. The average Bonchev–Trinajstić information content (AvgIpc) is 2.92. The van der Waals surface area contributed by atoms with Crippen LogP contribution in [0, 0.1) is 5.92 Å². The number of rotatable bonds is 7. The summed E-state index contributed by atoms with van der Waals surface area (Å²) in [5.74, 6) is -0.843. The van der Waals surface area contributed by atoms with Crippen LogP contribution in [-0.4, -0.2) is 71.5 Å². The van der Waals surface area contributed by atoms with Gasteiger partial charge in [0.1, 0.15) is 6.04 Å². The molecule has 0 bridgehead atoms. The predicted molar refractivity (Wildman–Crippen MR) is 89.4 cm³/mol. The van der Waals surface area contributed by atoms with Gasteiger partial charge in [-0.3, -0.25) is 19.3 Å². The molecule has 2 N–H and O–H groups in total. The molecule has 136 valence electrons. The van der Waals surface area contributed by atoms with Crippen LogP contribution in [0.3, 0.4) is 0 Å². The Morgan fingerprint density at radius 2 is 1.96 bits per heavy atom. The minimum Gasteiger partial charge on any atom is -0.480 e. The molecule has 7 heteroatoms. The molecule has 1 saturated heterocycles. The lowest BCUT2D eigenvalue weighted by Crippen LogP contribution is -2.49. The van der Waals surface area contributed by atoms with Crippen LogP contribution >= 0.6 is 0 Å². The van der Waals surface area contributed by atoms with Gasteiger partial charge in [-0.1, -0.05) is 19.8 Å². The van der Waals surface area contributed by atoms with E-state index in [0.29, 0.717) is 18.9 Å². The normalized spacial score (nSPS) is 26.7. The Morgan fingerprint density at radius 3 is 2.62 bits per heavy atom. The number of carboxylic acids is 1. The summed E-state index contributed by atoms with van der Waals surface area (Å²) in [5.41, 5.74) is 0. The number of carbonyl (C=O) groups is 3. The van der Waals surface area contributed by atoms with E-state index in [0.717, 1.165) is 32.1 Å². The number of likely N-dealkylation sites (N-methyl/N-ethyl adjacent to an activating group) is 1. The number of fused-ring (bicyclic) bond motifs is 1. The van der Waals surface area contributed by atoms with Crippen LogP contribution in [0.4, 0.5) is 0 Å². The van der Waals surface area contributed by atoms with E-state index < -0.39 is 12.0 Å². The van der Waals surface area contributed by atoms with E-state index in [1.165, 1.54) is 4.90 Å². The van der Waals surface area contributed by atoms with Crippen LogP contribution < -0.4 is 5.32 Å². The highest BCUT2D eigenvalue weighted by Crippen LogP contribution is 2.39. The summed E-state index contributed by atoms with van der Waals surface area (Å²) in [4.78, 5) is 39.0. The molecule has 1 aliphatic heterocycles. The van der Waals surface area contributed by atoms with Crippen molar-refractivity contribution in [2.75, 3.05) is 26.7 Å². The van der Waals surface area contributed by atoms with Gasteiger partial charge >= 0.3 is 5.97 Å². The minimum atomic E-state index is -0.847. The quantitative estimate of drug-likeness (QED) is 0.712. The van der Waals surface area contributed by atoms with E-state index in [4.69, 9.17) is 0 Å². The van der Waals surface area contributed by atoms with Crippen molar-refractivity contribution in [1.82, 2.24) is 15.1 Å². The van der Waals surface area contributed by atoms with Gasteiger partial charge in [0.05, 0.1) is 13.1 Å². The zero-order valence-corrected chi connectivity index (χ0v) is 14.7. The second-order valence-corrected chi connectivity index (χ2v) is 6.97. The summed E-state index contributed by atoms with van der Waals surface area (Å²) in [7, 11) is 1.60. The Morgan fingerprint density at radius 1 is 1.25 bits per heavy atom. The molecule has 2 amide bonds. The average molecular weight is 339 g/mol. The van der Waals surface area contributed by atoms with Gasteiger partial charge in [-0.2, -0.15) is 0 Å². The van der Waals surface area contributed by atoms with E-state index in [2.05, 4.69) is 5.32 Å². The highest BCUT2D eigenvalue weighted by molar-refractivity contribution is 5.86. The van der Waals surface area contributed by atoms with Crippen LogP contribution in [0.1, 0.15) is 45.4 Å². The molecular formula is C17H29N3O4. The largest absolute Gasteiger partial charge is 0.480 e. The molecule has 0 aromatic heterocycles. The molecule has 24 heavy (non-hydrogen) atoms. The van der Waals surface area contributed by atoms with Gasteiger partial charge in [0, 0.05) is 19.6 Å². The third kappa shape index (κ3) is 4.47. The monoisotopic (exact) mass is 339 g/mol. The third-order valence-corrected chi connectivity index (χ3v) is 5.20. The number of carboxylic acid groups (broad SMARTS) is 1. The minimum absolute atomic E-state index is 0.0124. The number of hydrogen-bond donors (Lipinski definition) is 2. The molecule has 3 atom stereocenters. The van der Waals surface area contributed by atoms with E-state index in [1.54, 1.807) is 7.05 Å². The molecule has 2 aliphatic rings. The lowest BCUT2D eigenvalue weighted by atomic mass is 9.85. The molecular weight excluding hydrogens is 310 g/mol. The highest BCUT2D eigenvalue weighted by atomic mass is 16.4. The second kappa shape index (κ2) is 8.46. The molecule has 7 nitrogen and oxygen atoms in total. The molecule has 1 heterocycles. The fourth-order valence-corrected chi connectivity index (χ4v) is 3.92. The molecule has 1 aliphatic carbocycles. The van der Waals surface area contributed by atoms with Crippen molar-refractivity contribution in [2.24, 2.45) is 5.92 Å². The van der Waals surface area contributed by atoms with Crippen LogP contribution in [0.5, 0.6) is 0 Å². The summed E-state index contributed by atoms with van der Waals surface area (Å²) >= 11 is 0. The van der Waals surface area contributed by atoms with Gasteiger partial charge < -0.3 is 15.3 Å². The lowest BCUT2D eigenvalue weighted by molar-refractivity contribution is -0.144. The third-order valence-electron chi connectivity index (χ3n) is 5.20. The molecule has 2 rings (SSSR count). The Kier molecular flexibility index (Phi) is 6.60. The van der Waals surface area contributed by atoms with Crippen molar-refractivity contribution in [2.45, 2.75) is 57.5 Å². The van der Waals surface area contributed by atoms with Crippen LogP contribution in [0.15, 0.2) is 0 Å². The zero-order valence-electron chi connectivity index (χ0n) is 14.7. The maximum Gasteiger partial charge on any atom is 0.320 e. The van der Waals surface area contributed by atoms with Crippen molar-refractivity contribution in [3.05, 3.63) is 0 Å². The summed E-state index contributed by atoms with van der Waals surface area (Å²) in [6.45, 7) is 2.65. The number of amides is 2. The van der Waals surface area contributed by atoms with Gasteiger partial charge in [0.2, 0.25) is 11.8 Å². The number of nitrogens with zero attached hydrogens (tertiary/aromatic N) is 2. The zero-order chi connectivity index (χ0) is 17.7. The molecule has 3 unspecified atom stereocenters. The Balaban J connectivity index is 1.94. The van der Waals surface area contributed by atoms with Crippen molar-refractivity contribution in [1.29, 1.82) is 0 Å². The summed E-state index contributed by atoms with van der Waals surface area (Å²) < 4.78 is 0. The van der Waals surface area contributed by atoms with E-state index in [1.807, 2.05) is 11.8 Å². The van der Waals surface area contributed by atoms with E-state index in [9.17, 15) is 19.5 Å². The predicted octanol–water partition coefficient (Wildman–Crippen LogP) is 0.689. The summed E-state index contributed by atoms with van der Waals surface area (Å²) in [6, 6.07) is -0.393. The molecule has 0 spiro atoms. The standard InChI is InChI=1S/C17H29N3O4/c1-3-8-18-15(21)10-19(2)16(22)11-20-13-7-5-4-6-12(13)9-14(20)17(23)24/h12-14H,3-11H2,1-2H3,(H,18,21)(H,23,24). The van der Waals surface area contributed by atoms with Gasteiger partial charge in [0.15, 0.2) is 0 Å². The SMILES string of the molecule is CCCNC(=O)CN(C)C(=O)CN1C(C(=O)O)CC2CCCCC21. The van der Waals surface area contributed by atoms with Crippen molar-refractivity contribution in [3.8, 4) is 0 Å². The smallest absolute Gasteiger partial charge is 0.320 e. The Hall–Kier alpha value is -1.63. The Bertz CT molecular complexity index is 482. The first-order chi connectivity index (χ1) is 11.4. The topological polar surface area (TPSA) is 90.0 Å². The maximum absolute atomic E-state index is 12.5. The molecule has 0 radical (unpaired) electrons. The second-order valence-electron chi connectivity index (χ2n) is 6.97. The van der Waals surface area contributed by atoms with Crippen molar-refractivity contribution >= 4 is 17.8 Å². The van der Waals surface area contributed by atoms with Crippen molar-refractivity contribution < 1.29 is 19.5 Å². The first-order valence-corrected chi connectivity index (χ1v) is 8.93. The van der Waals surface area contributed by atoms with Crippen LogP contribution in [0.2, 0.25) is 0 Å². The first-order valence-electron chi connectivity index (χ1n) is 8.93. The lowest BCUT2D eigenvalue weighted by Gasteiger charge is -2.33. The van der Waals surface area contributed by atoms with Gasteiger partial charge in [-0.25, -0.2) is 0 Å². The number of aliphatic carboxylic acids is 1. The number of nitrogens with one attached hydrogen (secondary N) is 1. The molecule has 1 saturated carbocycles. The maximum atomic E-state index is 12.5. The molecule has 0 aromatic rings.